The molecule has 0 aromatic heterocycles. The Morgan fingerprint density at radius 1 is 1.03 bits per heavy atom. The largest absolute Gasteiger partial charge is 0.490 e. The van der Waals surface area contributed by atoms with Gasteiger partial charge >= 0.3 is 0 Å². The van der Waals surface area contributed by atoms with Crippen LogP contribution in [0.4, 0.5) is 0 Å². The number of hydrogen-bond donors (Lipinski definition) is 0. The zero-order chi connectivity index (χ0) is 20.6. The van der Waals surface area contributed by atoms with Gasteiger partial charge in [0.2, 0.25) is 5.91 Å². The Bertz CT molecular complexity index is 668. The molecule has 2 aliphatic heterocycles. The van der Waals surface area contributed by atoms with Gasteiger partial charge < -0.3 is 19.3 Å². The van der Waals surface area contributed by atoms with Crippen LogP contribution in [0.15, 0.2) is 24.3 Å². The summed E-state index contributed by atoms with van der Waals surface area (Å²) in [5, 5.41) is 0. The summed E-state index contributed by atoms with van der Waals surface area (Å²) in [6.07, 6.45) is 6.62. The molecule has 1 aromatic carbocycles. The first kappa shape index (κ1) is 21.6. The Morgan fingerprint density at radius 3 is 2.41 bits per heavy atom. The molecule has 0 saturated carbocycles. The molecule has 1 unspecified atom stereocenters. The van der Waals surface area contributed by atoms with E-state index < -0.39 is 0 Å². The van der Waals surface area contributed by atoms with Crippen LogP contribution in [0.2, 0.25) is 0 Å². The summed E-state index contributed by atoms with van der Waals surface area (Å²) in [4.78, 5) is 28.9. The van der Waals surface area contributed by atoms with Gasteiger partial charge in [-0.1, -0.05) is 6.92 Å². The fourth-order valence-corrected chi connectivity index (χ4v) is 4.30. The Kier molecular flexibility index (Phi) is 7.92. The van der Waals surface area contributed by atoms with E-state index in [9.17, 15) is 9.59 Å². The molecule has 1 aromatic rings. The van der Waals surface area contributed by atoms with Crippen molar-refractivity contribution in [1.82, 2.24) is 9.80 Å². The van der Waals surface area contributed by atoms with E-state index in [1.54, 1.807) is 7.11 Å². The molecule has 2 heterocycles. The molecule has 0 aliphatic carbocycles. The number of methoxy groups -OCH3 is 1. The Balaban J connectivity index is 1.50. The molecule has 1 atom stereocenters. The lowest BCUT2D eigenvalue weighted by Gasteiger charge is -2.35. The lowest BCUT2D eigenvalue weighted by Crippen LogP contribution is -2.43. The minimum atomic E-state index is 0.106. The van der Waals surface area contributed by atoms with Crippen molar-refractivity contribution in [3.8, 4) is 5.75 Å². The average molecular weight is 403 g/mol. The normalized spacial score (nSPS) is 20.6. The first-order valence-electron chi connectivity index (χ1n) is 11.0. The quantitative estimate of drug-likeness (QED) is 0.700. The molecule has 0 N–H and O–H groups in total. The highest BCUT2D eigenvalue weighted by Crippen LogP contribution is 2.24. The van der Waals surface area contributed by atoms with Gasteiger partial charge in [-0.05, 0) is 49.9 Å². The van der Waals surface area contributed by atoms with Crippen LogP contribution in [0.5, 0.6) is 5.75 Å². The highest BCUT2D eigenvalue weighted by atomic mass is 16.5. The van der Waals surface area contributed by atoms with Gasteiger partial charge in [-0.2, -0.15) is 0 Å². The molecule has 2 aliphatic rings. The molecule has 0 spiro atoms. The van der Waals surface area contributed by atoms with Crippen molar-refractivity contribution in [2.45, 2.75) is 64.0 Å². The van der Waals surface area contributed by atoms with Gasteiger partial charge in [-0.15, -0.1) is 0 Å². The van der Waals surface area contributed by atoms with Crippen LogP contribution in [0, 0.1) is 0 Å². The van der Waals surface area contributed by atoms with Crippen molar-refractivity contribution in [2.24, 2.45) is 0 Å². The van der Waals surface area contributed by atoms with Crippen LogP contribution in [0.1, 0.15) is 62.2 Å². The van der Waals surface area contributed by atoms with E-state index in [-0.39, 0.29) is 17.9 Å². The SMILES string of the molecule is CCC1CCCCN1C(=O)c1ccc(OC2CCN(C(=O)CCOC)CC2)cc1. The summed E-state index contributed by atoms with van der Waals surface area (Å²) in [7, 11) is 1.61. The van der Waals surface area contributed by atoms with E-state index in [4.69, 9.17) is 9.47 Å². The maximum absolute atomic E-state index is 12.9. The fourth-order valence-electron chi connectivity index (χ4n) is 4.30. The second kappa shape index (κ2) is 10.6. The summed E-state index contributed by atoms with van der Waals surface area (Å²) in [6.45, 7) is 4.92. The van der Waals surface area contributed by atoms with Gasteiger partial charge in [-0.3, -0.25) is 9.59 Å². The van der Waals surface area contributed by atoms with Crippen molar-refractivity contribution in [3.05, 3.63) is 29.8 Å². The molecule has 160 valence electrons. The molecule has 6 nitrogen and oxygen atoms in total. The summed E-state index contributed by atoms with van der Waals surface area (Å²) in [6, 6.07) is 7.91. The number of hydrogen-bond acceptors (Lipinski definition) is 4. The second-order valence-electron chi connectivity index (χ2n) is 8.02. The van der Waals surface area contributed by atoms with Crippen LogP contribution in [0.3, 0.4) is 0 Å². The van der Waals surface area contributed by atoms with Crippen molar-refractivity contribution in [2.75, 3.05) is 33.4 Å². The molecule has 29 heavy (non-hydrogen) atoms. The summed E-state index contributed by atoms with van der Waals surface area (Å²) < 4.78 is 11.1. The fraction of sp³-hybridized carbons (Fsp3) is 0.652. The van der Waals surface area contributed by atoms with Gasteiger partial charge in [0.05, 0.1) is 13.0 Å². The predicted octanol–water partition coefficient (Wildman–Crippen LogP) is 3.50. The third-order valence-corrected chi connectivity index (χ3v) is 6.08. The Morgan fingerprint density at radius 2 is 1.76 bits per heavy atom. The number of rotatable bonds is 7. The lowest BCUT2D eigenvalue weighted by molar-refractivity contribution is -0.133. The minimum absolute atomic E-state index is 0.106. The van der Waals surface area contributed by atoms with E-state index in [1.165, 1.54) is 6.42 Å². The van der Waals surface area contributed by atoms with Gasteiger partial charge in [-0.25, -0.2) is 0 Å². The number of carbonyl (C=O) groups is 2. The zero-order valence-corrected chi connectivity index (χ0v) is 17.8. The van der Waals surface area contributed by atoms with Crippen LogP contribution >= 0.6 is 0 Å². The first-order valence-corrected chi connectivity index (χ1v) is 11.0. The van der Waals surface area contributed by atoms with E-state index in [2.05, 4.69) is 6.92 Å². The number of benzene rings is 1. The summed E-state index contributed by atoms with van der Waals surface area (Å²) in [5.41, 5.74) is 0.733. The van der Waals surface area contributed by atoms with Crippen molar-refractivity contribution < 1.29 is 19.1 Å². The van der Waals surface area contributed by atoms with Gasteiger partial charge in [0, 0.05) is 51.2 Å². The second-order valence-corrected chi connectivity index (χ2v) is 8.02. The first-order chi connectivity index (χ1) is 14.1. The molecule has 2 fully saturated rings. The minimum Gasteiger partial charge on any atom is -0.490 e. The smallest absolute Gasteiger partial charge is 0.254 e. The van der Waals surface area contributed by atoms with Crippen LogP contribution in [-0.4, -0.2) is 67.1 Å². The predicted molar refractivity (Wildman–Crippen MR) is 112 cm³/mol. The van der Waals surface area contributed by atoms with Crippen molar-refractivity contribution in [1.29, 1.82) is 0 Å². The number of carbonyl (C=O) groups excluding carboxylic acids is 2. The molecule has 0 bridgehead atoms. The lowest BCUT2D eigenvalue weighted by atomic mass is 9.99. The summed E-state index contributed by atoms with van der Waals surface area (Å²) >= 11 is 0. The number of likely N-dealkylation sites (tertiary alicyclic amines) is 2. The number of piperidine rings is 2. The maximum Gasteiger partial charge on any atom is 0.254 e. The van der Waals surface area contributed by atoms with Crippen LogP contribution in [0.25, 0.3) is 0 Å². The topological polar surface area (TPSA) is 59.1 Å². The van der Waals surface area contributed by atoms with Crippen molar-refractivity contribution >= 4 is 11.8 Å². The zero-order valence-electron chi connectivity index (χ0n) is 17.8. The molecule has 0 radical (unpaired) electrons. The summed E-state index contributed by atoms with van der Waals surface area (Å²) in [5.74, 6) is 1.07. The maximum atomic E-state index is 12.9. The third-order valence-electron chi connectivity index (χ3n) is 6.08. The van der Waals surface area contributed by atoms with Crippen molar-refractivity contribution in [3.63, 3.8) is 0 Å². The molecule has 2 saturated heterocycles. The molecule has 6 heteroatoms. The van der Waals surface area contributed by atoms with Gasteiger partial charge in [0.1, 0.15) is 11.9 Å². The van der Waals surface area contributed by atoms with Crippen LogP contribution < -0.4 is 4.74 Å². The highest BCUT2D eigenvalue weighted by molar-refractivity contribution is 5.94. The molecular formula is C23H34N2O4. The number of amides is 2. The standard InChI is InChI=1S/C23H34N2O4/c1-3-19-6-4-5-14-25(19)23(27)18-7-9-20(10-8-18)29-21-11-15-24(16-12-21)22(26)13-17-28-2/h7-10,19,21H,3-6,11-17H2,1-2H3. The number of ether oxygens (including phenoxy) is 2. The highest BCUT2D eigenvalue weighted by Gasteiger charge is 2.27. The monoisotopic (exact) mass is 402 g/mol. The molecule has 3 rings (SSSR count). The molecular weight excluding hydrogens is 368 g/mol. The third kappa shape index (κ3) is 5.72. The Labute approximate surface area is 174 Å². The van der Waals surface area contributed by atoms with E-state index in [1.807, 2.05) is 34.1 Å². The number of nitrogens with zero attached hydrogens (tertiary/aromatic N) is 2. The van der Waals surface area contributed by atoms with Crippen LogP contribution in [-0.2, 0) is 9.53 Å². The van der Waals surface area contributed by atoms with E-state index in [0.29, 0.717) is 19.1 Å². The molecule has 2 amide bonds. The van der Waals surface area contributed by atoms with Gasteiger partial charge in [0.15, 0.2) is 0 Å². The van der Waals surface area contributed by atoms with E-state index >= 15 is 0 Å². The average Bonchev–Trinajstić information content (AvgIpc) is 2.78. The Hall–Kier alpha value is -2.08. The van der Waals surface area contributed by atoms with Gasteiger partial charge in [0.25, 0.3) is 5.91 Å². The van der Waals surface area contributed by atoms with E-state index in [0.717, 1.165) is 63.1 Å².